The molecule has 0 atom stereocenters. The molecule has 5 heteroatoms. The molecule has 0 unspecified atom stereocenters. The van der Waals surface area contributed by atoms with E-state index in [-0.39, 0.29) is 0 Å². The molecule has 98 valence electrons. The highest BCUT2D eigenvalue weighted by Gasteiger charge is 2.39. The first-order chi connectivity index (χ1) is 8.30. The minimum absolute atomic E-state index is 0.321. The Labute approximate surface area is 105 Å². The van der Waals surface area contributed by atoms with Gasteiger partial charge >= 0.3 is 5.97 Å². The molecule has 1 aromatic carbocycles. The van der Waals surface area contributed by atoms with Crippen molar-refractivity contribution < 1.29 is 19.1 Å². The minimum atomic E-state index is -1.51. The van der Waals surface area contributed by atoms with Gasteiger partial charge in [0.05, 0.1) is 0 Å². The normalized spacial score (nSPS) is 11.1. The molecular formula is C13H16FNO3. The van der Waals surface area contributed by atoms with Gasteiger partial charge in [0.15, 0.2) is 0 Å². The first-order valence-electron chi connectivity index (χ1n) is 5.61. The zero-order valence-corrected chi connectivity index (χ0v) is 10.6. The van der Waals surface area contributed by atoms with Gasteiger partial charge in [0.25, 0.3) is 0 Å². The largest absolute Gasteiger partial charge is 0.480 e. The van der Waals surface area contributed by atoms with Crippen LogP contribution in [0, 0.1) is 11.2 Å². The minimum Gasteiger partial charge on any atom is -0.480 e. The maximum absolute atomic E-state index is 12.8. The van der Waals surface area contributed by atoms with Crippen LogP contribution in [0.5, 0.6) is 0 Å². The van der Waals surface area contributed by atoms with Crippen molar-refractivity contribution in [1.82, 2.24) is 0 Å². The number of carboxylic acids is 1. The van der Waals surface area contributed by atoms with E-state index in [4.69, 9.17) is 5.11 Å². The molecular weight excluding hydrogens is 237 g/mol. The van der Waals surface area contributed by atoms with Crippen LogP contribution in [0.4, 0.5) is 10.1 Å². The number of carbonyl (C=O) groups is 2. The molecule has 0 saturated heterocycles. The van der Waals surface area contributed by atoms with E-state index in [1.165, 1.54) is 43.0 Å². The summed E-state index contributed by atoms with van der Waals surface area (Å²) in [4.78, 5) is 24.6. The first kappa shape index (κ1) is 14.2. The van der Waals surface area contributed by atoms with Crippen molar-refractivity contribution in [2.75, 3.05) is 11.4 Å². The highest BCUT2D eigenvalue weighted by molar-refractivity contribution is 6.08. The van der Waals surface area contributed by atoms with Crippen LogP contribution < -0.4 is 4.90 Å². The summed E-state index contributed by atoms with van der Waals surface area (Å²) in [6.45, 7) is 4.76. The molecule has 0 radical (unpaired) electrons. The standard InChI is InChI=1S/C13H16FNO3/c1-4-15(10-7-5-9(14)6-8-10)11(16)13(2,3)12(17)18/h5-8H,4H2,1-3H3,(H,17,18). The average Bonchev–Trinajstić information content (AvgIpc) is 2.32. The Morgan fingerprint density at radius 1 is 1.28 bits per heavy atom. The zero-order valence-electron chi connectivity index (χ0n) is 10.6. The van der Waals surface area contributed by atoms with E-state index in [1.807, 2.05) is 0 Å². The zero-order chi connectivity index (χ0) is 13.9. The number of hydrogen-bond acceptors (Lipinski definition) is 2. The molecule has 0 aliphatic rings. The van der Waals surface area contributed by atoms with Crippen molar-refractivity contribution in [2.45, 2.75) is 20.8 Å². The van der Waals surface area contributed by atoms with E-state index in [0.717, 1.165) is 0 Å². The molecule has 1 aromatic rings. The number of benzene rings is 1. The van der Waals surface area contributed by atoms with Crippen molar-refractivity contribution in [2.24, 2.45) is 5.41 Å². The highest BCUT2D eigenvalue weighted by atomic mass is 19.1. The number of hydrogen-bond donors (Lipinski definition) is 1. The van der Waals surface area contributed by atoms with Crippen molar-refractivity contribution in [3.63, 3.8) is 0 Å². The molecule has 0 heterocycles. The number of halogens is 1. The van der Waals surface area contributed by atoms with E-state index in [2.05, 4.69) is 0 Å². The van der Waals surface area contributed by atoms with Crippen LogP contribution in [0.2, 0.25) is 0 Å². The number of rotatable bonds is 4. The van der Waals surface area contributed by atoms with Crippen LogP contribution >= 0.6 is 0 Å². The van der Waals surface area contributed by atoms with Crippen molar-refractivity contribution in [3.05, 3.63) is 30.1 Å². The second kappa shape index (κ2) is 5.16. The van der Waals surface area contributed by atoms with Gasteiger partial charge in [0.1, 0.15) is 11.2 Å². The number of amides is 1. The van der Waals surface area contributed by atoms with Crippen LogP contribution in [0.15, 0.2) is 24.3 Å². The summed E-state index contributed by atoms with van der Waals surface area (Å²) in [7, 11) is 0. The quantitative estimate of drug-likeness (QED) is 0.837. The molecule has 0 spiro atoms. The van der Waals surface area contributed by atoms with Crippen LogP contribution in [-0.4, -0.2) is 23.5 Å². The smallest absolute Gasteiger partial charge is 0.318 e. The number of carboxylic acid groups (broad SMARTS) is 1. The van der Waals surface area contributed by atoms with Gasteiger partial charge < -0.3 is 10.0 Å². The monoisotopic (exact) mass is 253 g/mol. The topological polar surface area (TPSA) is 57.6 Å². The Bertz CT molecular complexity index is 454. The Kier molecular flexibility index (Phi) is 4.06. The fourth-order valence-corrected chi connectivity index (χ4v) is 1.49. The molecule has 1 rings (SSSR count). The number of aliphatic carboxylic acids is 1. The molecule has 0 bridgehead atoms. The molecule has 0 aromatic heterocycles. The molecule has 4 nitrogen and oxygen atoms in total. The molecule has 0 aliphatic heterocycles. The third-order valence-electron chi connectivity index (χ3n) is 2.77. The maximum atomic E-state index is 12.8. The van der Waals surface area contributed by atoms with Gasteiger partial charge in [-0.1, -0.05) is 0 Å². The van der Waals surface area contributed by atoms with Gasteiger partial charge in [-0.2, -0.15) is 0 Å². The van der Waals surface area contributed by atoms with Crippen molar-refractivity contribution in [3.8, 4) is 0 Å². The van der Waals surface area contributed by atoms with E-state index in [1.54, 1.807) is 6.92 Å². The van der Waals surface area contributed by atoms with Gasteiger partial charge in [0, 0.05) is 12.2 Å². The maximum Gasteiger partial charge on any atom is 0.318 e. The van der Waals surface area contributed by atoms with Crippen molar-refractivity contribution in [1.29, 1.82) is 0 Å². The molecule has 0 saturated carbocycles. The van der Waals surface area contributed by atoms with E-state index < -0.39 is 23.1 Å². The fraction of sp³-hybridized carbons (Fsp3) is 0.385. The van der Waals surface area contributed by atoms with E-state index >= 15 is 0 Å². The number of carbonyl (C=O) groups excluding carboxylic acids is 1. The van der Waals surface area contributed by atoms with Gasteiger partial charge in [-0.25, -0.2) is 4.39 Å². The summed E-state index contributed by atoms with van der Waals surface area (Å²) in [6, 6.07) is 5.38. The van der Waals surface area contributed by atoms with Gasteiger partial charge in [0.2, 0.25) is 5.91 Å². The third-order valence-corrected chi connectivity index (χ3v) is 2.77. The van der Waals surface area contributed by atoms with Crippen LogP contribution in [0.25, 0.3) is 0 Å². The molecule has 0 aliphatic carbocycles. The number of anilines is 1. The number of nitrogens with zero attached hydrogens (tertiary/aromatic N) is 1. The summed E-state index contributed by atoms with van der Waals surface area (Å²) < 4.78 is 12.8. The van der Waals surface area contributed by atoms with Gasteiger partial charge in [-0.15, -0.1) is 0 Å². The van der Waals surface area contributed by atoms with Crippen LogP contribution in [0.3, 0.4) is 0 Å². The second-order valence-electron chi connectivity index (χ2n) is 4.46. The summed E-state index contributed by atoms with van der Waals surface area (Å²) in [5.74, 6) is -2.11. The second-order valence-corrected chi connectivity index (χ2v) is 4.46. The Hall–Kier alpha value is -1.91. The highest BCUT2D eigenvalue weighted by Crippen LogP contribution is 2.24. The molecule has 18 heavy (non-hydrogen) atoms. The van der Waals surface area contributed by atoms with Crippen LogP contribution in [0.1, 0.15) is 20.8 Å². The van der Waals surface area contributed by atoms with Gasteiger partial charge in [-0.05, 0) is 45.0 Å². The summed E-state index contributed by atoms with van der Waals surface area (Å²) in [5, 5.41) is 9.04. The Balaban J connectivity index is 3.08. The Morgan fingerprint density at radius 2 is 1.78 bits per heavy atom. The lowest BCUT2D eigenvalue weighted by Crippen LogP contribution is -2.45. The van der Waals surface area contributed by atoms with Gasteiger partial charge in [-0.3, -0.25) is 9.59 Å². The summed E-state index contributed by atoms with van der Waals surface area (Å²) in [5.41, 5.74) is -1.03. The molecule has 1 N–H and O–H groups in total. The first-order valence-corrected chi connectivity index (χ1v) is 5.61. The molecule has 0 fully saturated rings. The fourth-order valence-electron chi connectivity index (χ4n) is 1.49. The van der Waals surface area contributed by atoms with E-state index in [0.29, 0.717) is 12.2 Å². The lowest BCUT2D eigenvalue weighted by Gasteiger charge is -2.28. The summed E-state index contributed by atoms with van der Waals surface area (Å²) in [6.07, 6.45) is 0. The lowest BCUT2D eigenvalue weighted by molar-refractivity contribution is -0.152. The average molecular weight is 253 g/mol. The third kappa shape index (κ3) is 2.67. The Morgan fingerprint density at radius 3 is 2.17 bits per heavy atom. The predicted molar refractivity (Wildman–Crippen MR) is 65.8 cm³/mol. The van der Waals surface area contributed by atoms with Crippen LogP contribution in [-0.2, 0) is 9.59 Å². The lowest BCUT2D eigenvalue weighted by atomic mass is 9.91. The molecule has 1 amide bonds. The summed E-state index contributed by atoms with van der Waals surface area (Å²) >= 11 is 0. The predicted octanol–water partition coefficient (Wildman–Crippen LogP) is 2.29. The van der Waals surface area contributed by atoms with E-state index in [9.17, 15) is 14.0 Å². The SMILES string of the molecule is CCN(C(=O)C(C)(C)C(=O)O)c1ccc(F)cc1. The van der Waals surface area contributed by atoms with Crippen molar-refractivity contribution >= 4 is 17.6 Å².